The fraction of sp³-hybridized carbons (Fsp3) is 0.300. The Morgan fingerprint density at radius 3 is 2.75 bits per heavy atom. The molecular formula is C20H19N3O. The summed E-state index contributed by atoms with van der Waals surface area (Å²) < 4.78 is 0. The number of amides is 1. The second-order valence-corrected chi connectivity index (χ2v) is 6.55. The van der Waals surface area contributed by atoms with Crippen LogP contribution >= 0.6 is 0 Å². The van der Waals surface area contributed by atoms with Crippen molar-refractivity contribution in [3.05, 3.63) is 70.8 Å². The van der Waals surface area contributed by atoms with Gasteiger partial charge in [-0.3, -0.25) is 9.80 Å². The van der Waals surface area contributed by atoms with Gasteiger partial charge in [0.15, 0.2) is 0 Å². The third-order valence-corrected chi connectivity index (χ3v) is 5.03. The Labute approximate surface area is 141 Å². The van der Waals surface area contributed by atoms with E-state index in [0.29, 0.717) is 12.1 Å². The first-order chi connectivity index (χ1) is 11.7. The van der Waals surface area contributed by atoms with Crippen molar-refractivity contribution in [1.82, 2.24) is 10.0 Å². The van der Waals surface area contributed by atoms with Gasteiger partial charge in [-0.05, 0) is 36.6 Å². The fourth-order valence-corrected chi connectivity index (χ4v) is 3.88. The summed E-state index contributed by atoms with van der Waals surface area (Å²) in [4.78, 5) is 12.9. The van der Waals surface area contributed by atoms with Gasteiger partial charge in [-0.1, -0.05) is 42.0 Å². The van der Waals surface area contributed by atoms with E-state index in [1.54, 1.807) is 5.01 Å². The van der Waals surface area contributed by atoms with Gasteiger partial charge < -0.3 is 0 Å². The van der Waals surface area contributed by atoms with Gasteiger partial charge in [-0.25, -0.2) is 5.01 Å². The Morgan fingerprint density at radius 2 is 2.00 bits per heavy atom. The van der Waals surface area contributed by atoms with Crippen molar-refractivity contribution in [2.75, 3.05) is 13.1 Å². The Hall–Kier alpha value is -2.64. The zero-order valence-electron chi connectivity index (χ0n) is 13.6. The van der Waals surface area contributed by atoms with E-state index in [1.165, 1.54) is 16.7 Å². The molecule has 0 N–H and O–H groups in total. The minimum Gasteiger partial charge on any atom is -0.269 e. The molecule has 0 aliphatic carbocycles. The molecule has 1 fully saturated rings. The van der Waals surface area contributed by atoms with Crippen molar-refractivity contribution in [2.45, 2.75) is 19.4 Å². The van der Waals surface area contributed by atoms with Gasteiger partial charge in [-0.2, -0.15) is 5.26 Å². The molecule has 0 radical (unpaired) electrons. The number of hydrazine groups is 1. The second kappa shape index (κ2) is 5.77. The maximum absolute atomic E-state index is 12.9. The molecule has 0 aromatic heterocycles. The van der Waals surface area contributed by atoms with Gasteiger partial charge in [0.05, 0.1) is 24.6 Å². The Balaban J connectivity index is 1.72. The number of fused-ring (bicyclic) bond motifs is 3. The normalized spacial score (nSPS) is 22.6. The summed E-state index contributed by atoms with van der Waals surface area (Å²) in [6, 6.07) is 18.2. The van der Waals surface area contributed by atoms with Crippen molar-refractivity contribution in [3.63, 3.8) is 0 Å². The average Bonchev–Trinajstić information content (AvgIpc) is 3.01. The first kappa shape index (κ1) is 14.9. The van der Waals surface area contributed by atoms with Gasteiger partial charge in [0.25, 0.3) is 5.91 Å². The lowest BCUT2D eigenvalue weighted by atomic mass is 9.87. The molecule has 2 atom stereocenters. The van der Waals surface area contributed by atoms with Crippen LogP contribution in [0, 0.1) is 24.2 Å². The molecule has 0 saturated carbocycles. The summed E-state index contributed by atoms with van der Waals surface area (Å²) in [7, 11) is 0. The molecule has 1 amide bonds. The minimum absolute atomic E-state index is 0.0190. The number of carbonyl (C=O) groups excluding carboxylic acids is 1. The van der Waals surface area contributed by atoms with E-state index in [-0.39, 0.29) is 17.9 Å². The molecule has 120 valence electrons. The first-order valence-corrected chi connectivity index (χ1v) is 8.31. The lowest BCUT2D eigenvalue weighted by Crippen LogP contribution is -2.45. The van der Waals surface area contributed by atoms with Crippen LogP contribution in [0.2, 0.25) is 0 Å². The average molecular weight is 317 g/mol. The molecule has 4 heteroatoms. The zero-order valence-corrected chi connectivity index (χ0v) is 13.6. The largest absolute Gasteiger partial charge is 0.269 e. The van der Waals surface area contributed by atoms with Crippen molar-refractivity contribution in [1.29, 1.82) is 5.26 Å². The van der Waals surface area contributed by atoms with Crippen LogP contribution in [0.15, 0.2) is 48.5 Å². The number of nitriles is 1. The Bertz CT molecular complexity index is 825. The molecule has 0 bridgehead atoms. The van der Waals surface area contributed by atoms with E-state index in [1.807, 2.05) is 30.3 Å². The van der Waals surface area contributed by atoms with E-state index < -0.39 is 0 Å². The van der Waals surface area contributed by atoms with Crippen molar-refractivity contribution in [2.24, 2.45) is 5.92 Å². The van der Waals surface area contributed by atoms with Crippen LogP contribution in [-0.2, 0) is 6.42 Å². The predicted molar refractivity (Wildman–Crippen MR) is 90.9 cm³/mol. The molecule has 2 aromatic carbocycles. The number of carbonyl (C=O) groups is 1. The molecule has 0 unspecified atom stereocenters. The first-order valence-electron chi connectivity index (χ1n) is 8.31. The highest BCUT2D eigenvalue weighted by Crippen LogP contribution is 2.42. The number of rotatable bonds is 1. The topological polar surface area (TPSA) is 47.3 Å². The van der Waals surface area contributed by atoms with Crippen molar-refractivity contribution >= 4 is 5.91 Å². The standard InChI is InChI=1S/C20H19N3O/c1-14-7-8-15-9-10-22-19(18(15)11-14)17(12-21)13-23(22)20(24)16-5-3-2-4-6-16/h2-8,11,17,19H,9-10,13H2,1H3/t17-,19+/m1/s1. The summed E-state index contributed by atoms with van der Waals surface area (Å²) in [5, 5.41) is 13.5. The van der Waals surface area contributed by atoms with Crippen LogP contribution < -0.4 is 0 Å². The Morgan fingerprint density at radius 1 is 1.21 bits per heavy atom. The molecule has 4 nitrogen and oxygen atoms in total. The van der Waals surface area contributed by atoms with E-state index in [0.717, 1.165) is 13.0 Å². The van der Waals surface area contributed by atoms with E-state index in [9.17, 15) is 10.1 Å². The van der Waals surface area contributed by atoms with Crippen LogP contribution in [0.4, 0.5) is 0 Å². The fourth-order valence-electron chi connectivity index (χ4n) is 3.88. The monoisotopic (exact) mass is 317 g/mol. The molecule has 2 aliphatic heterocycles. The summed E-state index contributed by atoms with van der Waals surface area (Å²) >= 11 is 0. The zero-order chi connectivity index (χ0) is 16.7. The molecular weight excluding hydrogens is 298 g/mol. The van der Waals surface area contributed by atoms with Gasteiger partial charge in [0, 0.05) is 12.1 Å². The van der Waals surface area contributed by atoms with Crippen LogP contribution in [0.25, 0.3) is 0 Å². The second-order valence-electron chi connectivity index (χ2n) is 6.55. The van der Waals surface area contributed by atoms with E-state index in [2.05, 4.69) is 36.2 Å². The number of aryl methyl sites for hydroxylation is 1. The molecule has 24 heavy (non-hydrogen) atoms. The van der Waals surface area contributed by atoms with Gasteiger partial charge in [0.1, 0.15) is 0 Å². The summed E-state index contributed by atoms with van der Waals surface area (Å²) in [6.07, 6.45) is 0.906. The van der Waals surface area contributed by atoms with Gasteiger partial charge >= 0.3 is 0 Å². The van der Waals surface area contributed by atoms with Gasteiger partial charge in [-0.15, -0.1) is 0 Å². The third kappa shape index (κ3) is 2.29. The molecule has 2 heterocycles. The minimum atomic E-state index is -0.196. The lowest BCUT2D eigenvalue weighted by molar-refractivity contribution is -0.000477. The predicted octanol–water partition coefficient (Wildman–Crippen LogP) is 3.11. The number of nitrogens with zero attached hydrogens (tertiary/aromatic N) is 3. The van der Waals surface area contributed by atoms with E-state index >= 15 is 0 Å². The lowest BCUT2D eigenvalue weighted by Gasteiger charge is -2.37. The van der Waals surface area contributed by atoms with Crippen molar-refractivity contribution in [3.8, 4) is 6.07 Å². The van der Waals surface area contributed by atoms with Crippen LogP contribution in [0.1, 0.15) is 33.1 Å². The smallest absolute Gasteiger partial charge is 0.268 e. The SMILES string of the molecule is Cc1ccc2c(c1)[C@@H]1[C@H](C#N)CN(C(=O)c3ccccc3)N1CC2. The van der Waals surface area contributed by atoms with Crippen LogP contribution in [0.5, 0.6) is 0 Å². The van der Waals surface area contributed by atoms with Gasteiger partial charge in [0.2, 0.25) is 0 Å². The highest BCUT2D eigenvalue weighted by Gasteiger charge is 2.45. The number of hydrogen-bond donors (Lipinski definition) is 0. The summed E-state index contributed by atoms with van der Waals surface area (Å²) in [6.45, 7) is 3.31. The number of benzene rings is 2. The van der Waals surface area contributed by atoms with E-state index in [4.69, 9.17) is 0 Å². The molecule has 2 aromatic rings. The van der Waals surface area contributed by atoms with Crippen LogP contribution in [0.3, 0.4) is 0 Å². The molecule has 2 aliphatic rings. The molecule has 1 saturated heterocycles. The summed E-state index contributed by atoms with van der Waals surface area (Å²) in [5.74, 6) is -0.215. The molecule has 4 rings (SSSR count). The maximum Gasteiger partial charge on any atom is 0.268 e. The third-order valence-electron chi connectivity index (χ3n) is 5.03. The summed E-state index contributed by atoms with van der Waals surface area (Å²) in [5.41, 5.74) is 4.37. The Kier molecular flexibility index (Phi) is 3.59. The van der Waals surface area contributed by atoms with Crippen molar-refractivity contribution < 1.29 is 4.79 Å². The highest BCUT2D eigenvalue weighted by atomic mass is 16.2. The molecule has 0 spiro atoms. The maximum atomic E-state index is 12.9. The highest BCUT2D eigenvalue weighted by molar-refractivity contribution is 5.94. The van der Waals surface area contributed by atoms with Crippen LogP contribution in [-0.4, -0.2) is 29.0 Å². The number of hydrogen-bond acceptors (Lipinski definition) is 3. The quantitative estimate of drug-likeness (QED) is 0.812.